The molecule has 1 aromatic carbocycles. The molecule has 3 heteroatoms. The van der Waals surface area contributed by atoms with Gasteiger partial charge in [-0.3, -0.25) is 10.9 Å². The Morgan fingerprint density at radius 2 is 2.14 bits per heavy atom. The van der Waals surface area contributed by atoms with E-state index in [2.05, 4.69) is 46.3 Å². The highest BCUT2D eigenvalue weighted by Gasteiger charge is 2.18. The van der Waals surface area contributed by atoms with Gasteiger partial charge in [0, 0.05) is 29.7 Å². The number of para-hydroxylation sites is 1. The normalized spacial score (nSPS) is 21.9. The molecule has 1 atom stereocenters. The monoisotopic (exact) mass is 187 g/mol. The molecule has 3 nitrogen and oxygen atoms in total. The summed E-state index contributed by atoms with van der Waals surface area (Å²) in [4.78, 5) is 3.30. The molecule has 0 saturated carbocycles. The fourth-order valence-corrected chi connectivity index (χ4v) is 2.10. The Morgan fingerprint density at radius 1 is 1.21 bits per heavy atom. The molecule has 1 aliphatic rings. The Kier molecular flexibility index (Phi) is 1.79. The molecule has 0 aliphatic carbocycles. The third-order valence-corrected chi connectivity index (χ3v) is 2.83. The summed E-state index contributed by atoms with van der Waals surface area (Å²) >= 11 is 0. The number of aromatic amines is 1. The van der Waals surface area contributed by atoms with E-state index >= 15 is 0 Å². The number of rotatable bonds is 1. The standard InChI is InChI=1S/C11H13N3/c1-2-4-10-8(3-1)9(7-12-10)11-5-6-13-14-11/h1-4,7,11-14H,5-6H2. The number of H-pyrrole nitrogens is 1. The van der Waals surface area contributed by atoms with E-state index in [4.69, 9.17) is 0 Å². The molecular weight excluding hydrogens is 174 g/mol. The van der Waals surface area contributed by atoms with E-state index in [1.165, 1.54) is 16.5 Å². The largest absolute Gasteiger partial charge is 0.361 e. The van der Waals surface area contributed by atoms with Gasteiger partial charge in [-0.1, -0.05) is 18.2 Å². The topological polar surface area (TPSA) is 39.8 Å². The molecule has 0 bridgehead atoms. The van der Waals surface area contributed by atoms with Crippen molar-refractivity contribution < 1.29 is 0 Å². The molecule has 3 rings (SSSR count). The molecular formula is C11H13N3. The Bertz CT molecular complexity index is 440. The summed E-state index contributed by atoms with van der Waals surface area (Å²) in [5.41, 5.74) is 9.03. The first-order valence-corrected chi connectivity index (χ1v) is 4.99. The van der Waals surface area contributed by atoms with Gasteiger partial charge < -0.3 is 4.98 Å². The second-order valence-corrected chi connectivity index (χ2v) is 3.70. The van der Waals surface area contributed by atoms with Crippen LogP contribution in [0.1, 0.15) is 18.0 Å². The van der Waals surface area contributed by atoms with Gasteiger partial charge in [0.05, 0.1) is 0 Å². The maximum Gasteiger partial charge on any atom is 0.0496 e. The average Bonchev–Trinajstić information content (AvgIpc) is 2.85. The Labute approximate surface area is 82.5 Å². The van der Waals surface area contributed by atoms with Gasteiger partial charge in [0.15, 0.2) is 0 Å². The summed E-state index contributed by atoms with van der Waals surface area (Å²) in [5.74, 6) is 0. The Hall–Kier alpha value is -1.32. The summed E-state index contributed by atoms with van der Waals surface area (Å²) in [5, 5.41) is 1.33. The molecule has 72 valence electrons. The summed E-state index contributed by atoms with van der Waals surface area (Å²) in [6, 6.07) is 8.87. The zero-order valence-corrected chi connectivity index (χ0v) is 7.88. The molecule has 0 amide bonds. The van der Waals surface area contributed by atoms with E-state index in [1.807, 2.05) is 0 Å². The van der Waals surface area contributed by atoms with Crippen molar-refractivity contribution in [3.63, 3.8) is 0 Å². The fraction of sp³-hybridized carbons (Fsp3) is 0.273. The van der Waals surface area contributed by atoms with Crippen LogP contribution in [0.4, 0.5) is 0 Å². The van der Waals surface area contributed by atoms with Crippen LogP contribution >= 0.6 is 0 Å². The first kappa shape index (κ1) is 8.03. The van der Waals surface area contributed by atoms with Crippen LogP contribution in [-0.2, 0) is 0 Å². The molecule has 1 saturated heterocycles. The highest BCUT2D eigenvalue weighted by molar-refractivity contribution is 5.83. The molecule has 2 aromatic rings. The third-order valence-electron chi connectivity index (χ3n) is 2.83. The molecule has 1 fully saturated rings. The maximum absolute atomic E-state index is 3.30. The number of nitrogens with one attached hydrogen (secondary N) is 3. The Balaban J connectivity index is 2.11. The van der Waals surface area contributed by atoms with Crippen molar-refractivity contribution in [1.29, 1.82) is 0 Å². The zero-order valence-electron chi connectivity index (χ0n) is 7.88. The third kappa shape index (κ3) is 1.14. The molecule has 1 unspecified atom stereocenters. The number of hydrogen-bond acceptors (Lipinski definition) is 2. The van der Waals surface area contributed by atoms with Gasteiger partial charge in [-0.15, -0.1) is 0 Å². The highest BCUT2D eigenvalue weighted by atomic mass is 15.4. The summed E-state index contributed by atoms with van der Waals surface area (Å²) in [7, 11) is 0. The number of hydrazine groups is 1. The number of fused-ring (bicyclic) bond motifs is 1. The van der Waals surface area contributed by atoms with Crippen LogP contribution in [0.2, 0.25) is 0 Å². The van der Waals surface area contributed by atoms with E-state index in [0.29, 0.717) is 6.04 Å². The summed E-state index contributed by atoms with van der Waals surface area (Å²) < 4.78 is 0. The average molecular weight is 187 g/mol. The molecule has 0 radical (unpaired) electrons. The van der Waals surface area contributed by atoms with Gasteiger partial charge >= 0.3 is 0 Å². The Morgan fingerprint density at radius 3 is 3.00 bits per heavy atom. The van der Waals surface area contributed by atoms with Gasteiger partial charge in [-0.05, 0) is 18.1 Å². The maximum atomic E-state index is 3.30. The second kappa shape index (κ2) is 3.12. The summed E-state index contributed by atoms with van der Waals surface area (Å²) in [6.45, 7) is 1.05. The lowest BCUT2D eigenvalue weighted by Crippen LogP contribution is -2.24. The lowest BCUT2D eigenvalue weighted by atomic mass is 10.0. The zero-order chi connectivity index (χ0) is 9.38. The first-order valence-electron chi connectivity index (χ1n) is 4.99. The molecule has 3 N–H and O–H groups in total. The van der Waals surface area contributed by atoms with Crippen molar-refractivity contribution in [3.05, 3.63) is 36.0 Å². The van der Waals surface area contributed by atoms with Crippen molar-refractivity contribution in [2.75, 3.05) is 6.54 Å². The van der Waals surface area contributed by atoms with Gasteiger partial charge in [0.2, 0.25) is 0 Å². The van der Waals surface area contributed by atoms with Crippen LogP contribution in [0.25, 0.3) is 10.9 Å². The summed E-state index contributed by atoms with van der Waals surface area (Å²) in [6.07, 6.45) is 3.26. The van der Waals surface area contributed by atoms with E-state index in [1.54, 1.807) is 0 Å². The van der Waals surface area contributed by atoms with Crippen LogP contribution in [0.15, 0.2) is 30.5 Å². The van der Waals surface area contributed by atoms with Crippen LogP contribution in [0.3, 0.4) is 0 Å². The highest BCUT2D eigenvalue weighted by Crippen LogP contribution is 2.26. The lowest BCUT2D eigenvalue weighted by Gasteiger charge is -2.07. The molecule has 1 aromatic heterocycles. The van der Waals surface area contributed by atoms with Gasteiger partial charge in [0.1, 0.15) is 0 Å². The van der Waals surface area contributed by atoms with E-state index < -0.39 is 0 Å². The SMILES string of the molecule is c1ccc2c(C3CCNN3)c[nH]c2c1. The van der Waals surface area contributed by atoms with E-state index in [0.717, 1.165) is 13.0 Å². The van der Waals surface area contributed by atoms with Crippen molar-refractivity contribution in [2.45, 2.75) is 12.5 Å². The second-order valence-electron chi connectivity index (χ2n) is 3.70. The number of aromatic nitrogens is 1. The quantitative estimate of drug-likeness (QED) is 0.636. The van der Waals surface area contributed by atoms with E-state index in [9.17, 15) is 0 Å². The minimum Gasteiger partial charge on any atom is -0.361 e. The van der Waals surface area contributed by atoms with Crippen LogP contribution in [-0.4, -0.2) is 11.5 Å². The van der Waals surface area contributed by atoms with Crippen LogP contribution < -0.4 is 10.9 Å². The first-order chi connectivity index (χ1) is 6.95. The predicted octanol–water partition coefficient (Wildman–Crippen LogP) is 1.71. The predicted molar refractivity (Wildman–Crippen MR) is 56.8 cm³/mol. The van der Waals surface area contributed by atoms with Gasteiger partial charge in [0.25, 0.3) is 0 Å². The number of hydrogen-bond donors (Lipinski definition) is 3. The van der Waals surface area contributed by atoms with Crippen molar-refractivity contribution in [1.82, 2.24) is 15.8 Å². The smallest absolute Gasteiger partial charge is 0.0496 e. The molecule has 2 heterocycles. The molecule has 0 spiro atoms. The van der Waals surface area contributed by atoms with Crippen molar-refractivity contribution >= 4 is 10.9 Å². The van der Waals surface area contributed by atoms with Crippen LogP contribution in [0.5, 0.6) is 0 Å². The van der Waals surface area contributed by atoms with Gasteiger partial charge in [-0.2, -0.15) is 0 Å². The minimum absolute atomic E-state index is 0.450. The van der Waals surface area contributed by atoms with Crippen LogP contribution in [0, 0.1) is 0 Å². The number of benzene rings is 1. The van der Waals surface area contributed by atoms with Crippen molar-refractivity contribution in [3.8, 4) is 0 Å². The molecule has 1 aliphatic heterocycles. The minimum atomic E-state index is 0.450. The fourth-order valence-electron chi connectivity index (χ4n) is 2.10. The van der Waals surface area contributed by atoms with Crippen molar-refractivity contribution in [2.24, 2.45) is 0 Å². The lowest BCUT2D eigenvalue weighted by molar-refractivity contribution is 0.584. The molecule has 14 heavy (non-hydrogen) atoms. The van der Waals surface area contributed by atoms with E-state index in [-0.39, 0.29) is 0 Å². The van der Waals surface area contributed by atoms with Gasteiger partial charge in [-0.25, -0.2) is 0 Å².